The van der Waals surface area contributed by atoms with Crippen LogP contribution in [0.4, 0.5) is 11.5 Å². The van der Waals surface area contributed by atoms with Gasteiger partial charge in [-0.1, -0.05) is 11.6 Å². The van der Waals surface area contributed by atoms with Crippen molar-refractivity contribution in [2.75, 3.05) is 50.6 Å². The number of carbonyl (C=O) groups excluding carboxylic acids is 1. The molecule has 1 fully saturated rings. The molecule has 1 aromatic heterocycles. The van der Waals surface area contributed by atoms with Crippen LogP contribution in [0.15, 0.2) is 18.2 Å². The number of anilines is 2. The van der Waals surface area contributed by atoms with Crippen LogP contribution in [0.5, 0.6) is 5.75 Å². The van der Waals surface area contributed by atoms with E-state index in [1.54, 1.807) is 25.1 Å². The second kappa shape index (κ2) is 8.10. The Labute approximate surface area is 164 Å². The Kier molecular flexibility index (Phi) is 5.82. The highest BCUT2D eigenvalue weighted by Crippen LogP contribution is 2.31. The van der Waals surface area contributed by atoms with E-state index in [-0.39, 0.29) is 5.91 Å². The van der Waals surface area contributed by atoms with Gasteiger partial charge in [0.05, 0.1) is 12.8 Å². The minimum atomic E-state index is -0.309. The molecule has 1 N–H and O–H groups in total. The molecule has 8 heteroatoms. The number of nitrogens with zero attached hydrogens (tertiary/aromatic N) is 4. The van der Waals surface area contributed by atoms with Gasteiger partial charge in [0.25, 0.3) is 5.91 Å². The van der Waals surface area contributed by atoms with Gasteiger partial charge in [0, 0.05) is 43.3 Å². The van der Waals surface area contributed by atoms with E-state index in [0.717, 1.165) is 37.6 Å². The number of methoxy groups -OCH3 is 1. The molecule has 1 amide bonds. The molecule has 2 heterocycles. The fraction of sp³-hybridized carbons (Fsp3) is 0.421. The lowest BCUT2D eigenvalue weighted by atomic mass is 10.2. The summed E-state index contributed by atoms with van der Waals surface area (Å²) in [6.07, 6.45) is 0. The van der Waals surface area contributed by atoms with Crippen LogP contribution in [0.25, 0.3) is 0 Å². The van der Waals surface area contributed by atoms with E-state index in [1.807, 2.05) is 6.92 Å². The lowest BCUT2D eigenvalue weighted by Gasteiger charge is -2.33. The van der Waals surface area contributed by atoms with Crippen LogP contribution < -0.4 is 15.0 Å². The predicted octanol–water partition coefficient (Wildman–Crippen LogP) is 2.76. The third kappa shape index (κ3) is 4.48. The minimum Gasteiger partial charge on any atom is -0.495 e. The van der Waals surface area contributed by atoms with Crippen molar-refractivity contribution in [1.29, 1.82) is 0 Å². The number of aromatic nitrogens is 2. The highest BCUT2D eigenvalue weighted by Gasteiger charge is 2.19. The number of hydrogen-bond acceptors (Lipinski definition) is 6. The van der Waals surface area contributed by atoms with Crippen molar-refractivity contribution in [3.8, 4) is 5.75 Å². The molecule has 1 aromatic carbocycles. The number of nitrogens with one attached hydrogen (secondary N) is 1. The molecule has 3 rings (SSSR count). The largest absolute Gasteiger partial charge is 0.495 e. The van der Waals surface area contributed by atoms with Crippen LogP contribution in [0.2, 0.25) is 5.02 Å². The van der Waals surface area contributed by atoms with E-state index >= 15 is 0 Å². The van der Waals surface area contributed by atoms with Crippen molar-refractivity contribution in [2.24, 2.45) is 0 Å². The number of piperazine rings is 1. The molecule has 1 aliphatic heterocycles. The van der Waals surface area contributed by atoms with Crippen LogP contribution in [-0.4, -0.2) is 61.1 Å². The molecule has 144 valence electrons. The molecular formula is C19H24ClN5O2. The summed E-state index contributed by atoms with van der Waals surface area (Å²) in [7, 11) is 3.64. The van der Waals surface area contributed by atoms with E-state index in [1.165, 1.54) is 7.11 Å². The number of aryl methyl sites for hydroxylation is 2. The number of amides is 1. The quantitative estimate of drug-likeness (QED) is 0.867. The summed E-state index contributed by atoms with van der Waals surface area (Å²) in [6.45, 7) is 7.34. The average Bonchev–Trinajstić information content (AvgIpc) is 2.64. The Hall–Kier alpha value is -2.38. The fourth-order valence-corrected chi connectivity index (χ4v) is 3.14. The molecule has 0 aliphatic carbocycles. The van der Waals surface area contributed by atoms with Gasteiger partial charge in [-0.2, -0.15) is 0 Å². The Bertz CT molecular complexity index is 850. The maximum atomic E-state index is 12.8. The summed E-state index contributed by atoms with van der Waals surface area (Å²) in [5.74, 6) is 1.54. The van der Waals surface area contributed by atoms with Crippen LogP contribution in [0, 0.1) is 13.8 Å². The zero-order valence-corrected chi connectivity index (χ0v) is 16.8. The molecule has 0 spiro atoms. The van der Waals surface area contributed by atoms with Gasteiger partial charge in [-0.15, -0.1) is 0 Å². The molecular weight excluding hydrogens is 366 g/mol. The summed E-state index contributed by atoms with van der Waals surface area (Å²) >= 11 is 6.13. The van der Waals surface area contributed by atoms with Crippen LogP contribution >= 0.6 is 11.6 Å². The van der Waals surface area contributed by atoms with E-state index in [4.69, 9.17) is 16.3 Å². The van der Waals surface area contributed by atoms with Crippen molar-refractivity contribution in [2.45, 2.75) is 13.8 Å². The van der Waals surface area contributed by atoms with Crippen molar-refractivity contribution in [3.63, 3.8) is 0 Å². The summed E-state index contributed by atoms with van der Waals surface area (Å²) in [5.41, 5.74) is 1.73. The van der Waals surface area contributed by atoms with Gasteiger partial charge in [0.2, 0.25) is 0 Å². The monoisotopic (exact) mass is 389 g/mol. The number of halogens is 1. The zero-order chi connectivity index (χ0) is 19.6. The highest BCUT2D eigenvalue weighted by molar-refractivity contribution is 6.31. The SMILES string of the molecule is COc1cc(Cl)c(C)cc1NC(=O)c1cc(N2CCN(C)CC2)nc(C)n1. The lowest BCUT2D eigenvalue weighted by molar-refractivity contribution is 0.102. The highest BCUT2D eigenvalue weighted by atomic mass is 35.5. The van der Waals surface area contributed by atoms with Gasteiger partial charge in [0.1, 0.15) is 23.1 Å². The van der Waals surface area contributed by atoms with Crippen LogP contribution in [-0.2, 0) is 0 Å². The van der Waals surface area contributed by atoms with Crippen molar-refractivity contribution < 1.29 is 9.53 Å². The molecule has 1 saturated heterocycles. The summed E-state index contributed by atoms with van der Waals surface area (Å²) in [6, 6.07) is 5.21. The Morgan fingerprint density at radius 1 is 1.15 bits per heavy atom. The summed E-state index contributed by atoms with van der Waals surface area (Å²) < 4.78 is 5.33. The number of benzene rings is 1. The van der Waals surface area contributed by atoms with Gasteiger partial charge < -0.3 is 19.9 Å². The Morgan fingerprint density at radius 2 is 1.85 bits per heavy atom. The smallest absolute Gasteiger partial charge is 0.274 e. The molecule has 7 nitrogen and oxygen atoms in total. The van der Waals surface area contributed by atoms with Crippen molar-refractivity contribution in [1.82, 2.24) is 14.9 Å². The fourth-order valence-electron chi connectivity index (χ4n) is 2.98. The van der Waals surface area contributed by atoms with E-state index < -0.39 is 0 Å². The minimum absolute atomic E-state index is 0.309. The topological polar surface area (TPSA) is 70.6 Å². The molecule has 0 radical (unpaired) electrons. The number of rotatable bonds is 4. The Balaban J connectivity index is 1.84. The molecule has 0 atom stereocenters. The van der Waals surface area contributed by atoms with Gasteiger partial charge >= 0.3 is 0 Å². The summed E-state index contributed by atoms with van der Waals surface area (Å²) in [4.78, 5) is 26.1. The predicted molar refractivity (Wildman–Crippen MR) is 107 cm³/mol. The number of ether oxygens (including phenoxy) is 1. The average molecular weight is 390 g/mol. The maximum Gasteiger partial charge on any atom is 0.274 e. The van der Waals surface area contributed by atoms with Gasteiger partial charge in [-0.25, -0.2) is 9.97 Å². The first-order valence-electron chi connectivity index (χ1n) is 8.82. The van der Waals surface area contributed by atoms with E-state index in [0.29, 0.717) is 28.0 Å². The van der Waals surface area contributed by atoms with Crippen molar-refractivity contribution >= 4 is 29.0 Å². The number of likely N-dealkylation sites (N-methyl/N-ethyl adjacent to an activating group) is 1. The number of carbonyl (C=O) groups is 1. The Morgan fingerprint density at radius 3 is 2.52 bits per heavy atom. The molecule has 2 aromatic rings. The van der Waals surface area contributed by atoms with Gasteiger partial charge in [0.15, 0.2) is 0 Å². The molecule has 0 bridgehead atoms. The first-order valence-corrected chi connectivity index (χ1v) is 9.20. The second-order valence-electron chi connectivity index (χ2n) is 6.70. The molecule has 0 saturated carbocycles. The summed E-state index contributed by atoms with van der Waals surface area (Å²) in [5, 5.41) is 3.45. The maximum absolute atomic E-state index is 12.8. The molecule has 27 heavy (non-hydrogen) atoms. The second-order valence-corrected chi connectivity index (χ2v) is 7.11. The van der Waals surface area contributed by atoms with Gasteiger partial charge in [-0.3, -0.25) is 4.79 Å². The van der Waals surface area contributed by atoms with E-state index in [2.05, 4.69) is 32.1 Å². The standard InChI is InChI=1S/C19H24ClN5O2/c1-12-9-15(17(27-4)10-14(12)20)23-19(26)16-11-18(22-13(2)21-16)25-7-5-24(3)6-8-25/h9-11H,5-8H2,1-4H3,(H,23,26). The first kappa shape index (κ1) is 19.4. The third-order valence-corrected chi connectivity index (χ3v) is 5.02. The molecule has 1 aliphatic rings. The lowest BCUT2D eigenvalue weighted by Crippen LogP contribution is -2.45. The molecule has 0 unspecified atom stereocenters. The first-order chi connectivity index (χ1) is 12.9. The van der Waals surface area contributed by atoms with Crippen molar-refractivity contribution in [3.05, 3.63) is 40.3 Å². The third-order valence-electron chi connectivity index (χ3n) is 4.61. The normalized spacial score (nSPS) is 14.9. The van der Waals surface area contributed by atoms with Gasteiger partial charge in [-0.05, 0) is 32.5 Å². The zero-order valence-electron chi connectivity index (χ0n) is 16.0. The van der Waals surface area contributed by atoms with E-state index in [9.17, 15) is 4.79 Å². The number of hydrogen-bond donors (Lipinski definition) is 1. The van der Waals surface area contributed by atoms with Crippen LogP contribution in [0.3, 0.4) is 0 Å². The van der Waals surface area contributed by atoms with Crippen LogP contribution in [0.1, 0.15) is 21.9 Å².